The molecule has 0 spiro atoms. The number of ether oxygens (including phenoxy) is 1. The molecule has 0 saturated heterocycles. The number of pyridine rings is 1. The Morgan fingerprint density at radius 1 is 1.15 bits per heavy atom. The zero-order chi connectivity index (χ0) is 14.4. The lowest BCUT2D eigenvalue weighted by Gasteiger charge is -2.08. The van der Waals surface area contributed by atoms with Crippen molar-refractivity contribution in [1.82, 2.24) is 4.57 Å². The first-order valence-corrected chi connectivity index (χ1v) is 6.24. The summed E-state index contributed by atoms with van der Waals surface area (Å²) in [4.78, 5) is 22.0. The molecular formula is C15H15NO4. The van der Waals surface area contributed by atoms with Crippen LogP contribution in [0.25, 0.3) is 0 Å². The van der Waals surface area contributed by atoms with Crippen LogP contribution < -0.4 is 10.3 Å². The van der Waals surface area contributed by atoms with E-state index in [-0.39, 0.29) is 12.0 Å². The third-order valence-corrected chi connectivity index (χ3v) is 2.78. The topological polar surface area (TPSA) is 68.5 Å². The summed E-state index contributed by atoms with van der Waals surface area (Å²) in [7, 11) is 0. The van der Waals surface area contributed by atoms with Crippen LogP contribution in [0, 0.1) is 0 Å². The third-order valence-electron chi connectivity index (χ3n) is 2.78. The van der Waals surface area contributed by atoms with Crippen molar-refractivity contribution in [2.75, 3.05) is 6.61 Å². The van der Waals surface area contributed by atoms with E-state index in [0.29, 0.717) is 18.9 Å². The van der Waals surface area contributed by atoms with E-state index in [0.717, 1.165) is 5.56 Å². The number of carboxylic acid groups (broad SMARTS) is 1. The lowest BCUT2D eigenvalue weighted by atomic mass is 10.1. The van der Waals surface area contributed by atoms with Crippen LogP contribution >= 0.6 is 0 Å². The van der Waals surface area contributed by atoms with E-state index in [4.69, 9.17) is 9.84 Å². The van der Waals surface area contributed by atoms with Gasteiger partial charge in [-0.05, 0) is 23.8 Å². The van der Waals surface area contributed by atoms with Gasteiger partial charge in [-0.2, -0.15) is 0 Å². The van der Waals surface area contributed by atoms with Crippen LogP contribution in [-0.4, -0.2) is 22.2 Å². The first-order chi connectivity index (χ1) is 9.65. The van der Waals surface area contributed by atoms with Gasteiger partial charge >= 0.3 is 5.97 Å². The summed E-state index contributed by atoms with van der Waals surface area (Å²) in [5.41, 5.74) is 0.664. The molecule has 1 N–H and O–H groups in total. The highest BCUT2D eigenvalue weighted by Gasteiger charge is 2.01. The first kappa shape index (κ1) is 13.9. The minimum Gasteiger partial charge on any atom is -0.492 e. The van der Waals surface area contributed by atoms with Crippen LogP contribution in [0.15, 0.2) is 53.5 Å². The fraction of sp³-hybridized carbons (Fsp3) is 0.200. The van der Waals surface area contributed by atoms with Gasteiger partial charge in [-0.15, -0.1) is 0 Å². The number of rotatable bonds is 6. The predicted molar refractivity (Wildman–Crippen MR) is 74.0 cm³/mol. The third kappa shape index (κ3) is 3.98. The molecule has 0 amide bonds. The van der Waals surface area contributed by atoms with E-state index in [1.807, 2.05) is 0 Å². The zero-order valence-corrected chi connectivity index (χ0v) is 10.9. The van der Waals surface area contributed by atoms with Crippen LogP contribution in [0.3, 0.4) is 0 Å². The Balaban J connectivity index is 1.87. The van der Waals surface area contributed by atoms with E-state index in [1.165, 1.54) is 6.07 Å². The van der Waals surface area contributed by atoms with E-state index in [1.54, 1.807) is 47.2 Å². The number of carbonyl (C=O) groups is 1. The number of aromatic nitrogens is 1. The molecular weight excluding hydrogens is 258 g/mol. The summed E-state index contributed by atoms with van der Waals surface area (Å²) in [6, 6.07) is 11.9. The summed E-state index contributed by atoms with van der Waals surface area (Å²) < 4.78 is 7.09. The Labute approximate surface area is 116 Å². The number of aliphatic carboxylic acids is 1. The maximum Gasteiger partial charge on any atom is 0.307 e. The number of hydrogen-bond donors (Lipinski definition) is 1. The zero-order valence-electron chi connectivity index (χ0n) is 10.9. The molecule has 5 heteroatoms. The highest BCUT2D eigenvalue weighted by molar-refractivity contribution is 5.70. The van der Waals surface area contributed by atoms with Crippen molar-refractivity contribution in [1.29, 1.82) is 0 Å². The SMILES string of the molecule is O=C(O)Cc1ccc(OCCn2ccccc2=O)cc1. The molecule has 0 bridgehead atoms. The van der Waals surface area contributed by atoms with E-state index in [9.17, 15) is 9.59 Å². The van der Waals surface area contributed by atoms with Crippen molar-refractivity contribution in [3.8, 4) is 5.75 Å². The maximum atomic E-state index is 11.5. The highest BCUT2D eigenvalue weighted by Crippen LogP contribution is 2.12. The molecule has 1 aromatic carbocycles. The number of benzene rings is 1. The Morgan fingerprint density at radius 2 is 1.90 bits per heavy atom. The lowest BCUT2D eigenvalue weighted by molar-refractivity contribution is -0.136. The number of hydrogen-bond acceptors (Lipinski definition) is 3. The van der Waals surface area contributed by atoms with Gasteiger partial charge in [-0.3, -0.25) is 9.59 Å². The van der Waals surface area contributed by atoms with Gasteiger partial charge in [0.05, 0.1) is 13.0 Å². The van der Waals surface area contributed by atoms with Crippen molar-refractivity contribution in [2.45, 2.75) is 13.0 Å². The molecule has 20 heavy (non-hydrogen) atoms. The molecule has 0 aliphatic heterocycles. The largest absolute Gasteiger partial charge is 0.492 e. The van der Waals surface area contributed by atoms with Gasteiger partial charge in [0.1, 0.15) is 12.4 Å². The average Bonchev–Trinajstić information content (AvgIpc) is 2.42. The van der Waals surface area contributed by atoms with Crippen molar-refractivity contribution < 1.29 is 14.6 Å². The minimum absolute atomic E-state index is 0.000309. The molecule has 0 fully saturated rings. The monoisotopic (exact) mass is 273 g/mol. The van der Waals surface area contributed by atoms with Crippen LogP contribution in [0.5, 0.6) is 5.75 Å². The molecule has 104 valence electrons. The van der Waals surface area contributed by atoms with E-state index < -0.39 is 5.97 Å². The van der Waals surface area contributed by atoms with Crippen molar-refractivity contribution in [3.63, 3.8) is 0 Å². The Kier molecular flexibility index (Phi) is 4.55. The lowest BCUT2D eigenvalue weighted by Crippen LogP contribution is -2.21. The molecule has 0 unspecified atom stereocenters. The van der Waals surface area contributed by atoms with Crippen molar-refractivity contribution in [2.24, 2.45) is 0 Å². The molecule has 0 aliphatic rings. The van der Waals surface area contributed by atoms with Crippen LogP contribution in [-0.2, 0) is 17.8 Å². The predicted octanol–water partition coefficient (Wildman–Crippen LogP) is 1.55. The standard InChI is InChI=1S/C15H15NO4/c17-14-3-1-2-8-16(14)9-10-20-13-6-4-12(5-7-13)11-15(18)19/h1-8H,9-11H2,(H,18,19). The second-order valence-corrected chi connectivity index (χ2v) is 4.30. The molecule has 0 saturated carbocycles. The smallest absolute Gasteiger partial charge is 0.307 e. The van der Waals surface area contributed by atoms with Gasteiger partial charge in [0.15, 0.2) is 0 Å². The molecule has 0 atom stereocenters. The molecule has 2 aromatic rings. The van der Waals surface area contributed by atoms with Crippen LogP contribution in [0.2, 0.25) is 0 Å². The molecule has 1 aromatic heterocycles. The van der Waals surface area contributed by atoms with Crippen molar-refractivity contribution in [3.05, 3.63) is 64.6 Å². The van der Waals surface area contributed by atoms with Gasteiger partial charge in [0.2, 0.25) is 0 Å². The van der Waals surface area contributed by atoms with Crippen LogP contribution in [0.1, 0.15) is 5.56 Å². The maximum absolute atomic E-state index is 11.5. The fourth-order valence-electron chi connectivity index (χ4n) is 1.79. The normalized spacial score (nSPS) is 10.2. The highest BCUT2D eigenvalue weighted by atomic mass is 16.5. The van der Waals surface area contributed by atoms with Gasteiger partial charge in [-0.25, -0.2) is 0 Å². The Morgan fingerprint density at radius 3 is 2.55 bits per heavy atom. The molecule has 1 heterocycles. The summed E-state index contributed by atoms with van der Waals surface area (Å²) in [5.74, 6) is -0.203. The van der Waals surface area contributed by atoms with E-state index in [2.05, 4.69) is 0 Å². The molecule has 0 aliphatic carbocycles. The average molecular weight is 273 g/mol. The number of carboxylic acids is 1. The van der Waals surface area contributed by atoms with Gasteiger partial charge in [0.25, 0.3) is 5.56 Å². The van der Waals surface area contributed by atoms with Crippen molar-refractivity contribution >= 4 is 5.97 Å². The molecule has 5 nitrogen and oxygen atoms in total. The Bertz CT molecular complexity index is 631. The summed E-state index contributed by atoms with van der Waals surface area (Å²) in [6.07, 6.45) is 1.71. The minimum atomic E-state index is -0.859. The second-order valence-electron chi connectivity index (χ2n) is 4.30. The van der Waals surface area contributed by atoms with Gasteiger partial charge in [-0.1, -0.05) is 18.2 Å². The quantitative estimate of drug-likeness (QED) is 0.867. The number of nitrogens with zero attached hydrogens (tertiary/aromatic N) is 1. The summed E-state index contributed by atoms with van der Waals surface area (Å²) in [5, 5.41) is 8.67. The second kappa shape index (κ2) is 6.56. The van der Waals surface area contributed by atoms with Gasteiger partial charge < -0.3 is 14.4 Å². The summed E-state index contributed by atoms with van der Waals surface area (Å²) >= 11 is 0. The summed E-state index contributed by atoms with van der Waals surface area (Å²) in [6.45, 7) is 0.846. The first-order valence-electron chi connectivity index (χ1n) is 6.24. The molecule has 0 radical (unpaired) electrons. The van der Waals surface area contributed by atoms with Crippen LogP contribution in [0.4, 0.5) is 0 Å². The molecule has 2 rings (SSSR count). The Hall–Kier alpha value is -2.56. The fourth-order valence-corrected chi connectivity index (χ4v) is 1.79. The van der Waals surface area contributed by atoms with E-state index >= 15 is 0 Å². The van der Waals surface area contributed by atoms with Gasteiger partial charge in [0, 0.05) is 12.3 Å².